The van der Waals surface area contributed by atoms with Crippen molar-refractivity contribution in [3.05, 3.63) is 34.6 Å². The van der Waals surface area contributed by atoms with Crippen LogP contribution in [-0.2, 0) is 9.47 Å². The van der Waals surface area contributed by atoms with Gasteiger partial charge in [-0.1, -0.05) is 17.7 Å². The number of nitrogens with zero attached hydrogens (tertiary/aromatic N) is 3. The van der Waals surface area contributed by atoms with Gasteiger partial charge >= 0.3 is 0 Å². The van der Waals surface area contributed by atoms with Gasteiger partial charge in [0.25, 0.3) is 0 Å². The first-order valence-electron chi connectivity index (χ1n) is 10.9. The summed E-state index contributed by atoms with van der Waals surface area (Å²) in [5.74, 6) is 0.560. The van der Waals surface area contributed by atoms with E-state index < -0.39 is 0 Å². The number of likely N-dealkylation sites (tertiary alicyclic amines) is 1. The average molecular weight is 441 g/mol. The maximum Gasteiger partial charge on any atom is 0.193 e. The minimum absolute atomic E-state index is 0.101. The summed E-state index contributed by atoms with van der Waals surface area (Å²) in [5.41, 5.74) is 0.534. The number of nitrogens with one attached hydrogen (secondary N) is 1. The van der Waals surface area contributed by atoms with Gasteiger partial charge in [0.1, 0.15) is 5.82 Å². The van der Waals surface area contributed by atoms with Crippen molar-refractivity contribution in [1.82, 2.24) is 15.1 Å². The summed E-state index contributed by atoms with van der Waals surface area (Å²) >= 11 is 6.44. The molecule has 1 aromatic carbocycles. The third-order valence-electron chi connectivity index (χ3n) is 5.86. The Kier molecular flexibility index (Phi) is 8.74. The fourth-order valence-corrected chi connectivity index (χ4v) is 4.65. The number of ether oxygens (including phenoxy) is 2. The van der Waals surface area contributed by atoms with E-state index in [4.69, 9.17) is 21.1 Å². The number of rotatable bonds is 6. The number of morpholine rings is 1. The number of benzene rings is 1. The minimum atomic E-state index is -0.277. The zero-order valence-corrected chi connectivity index (χ0v) is 19.0. The lowest BCUT2D eigenvalue weighted by Gasteiger charge is -2.39. The lowest BCUT2D eigenvalue weighted by atomic mass is 10.0. The molecule has 3 rings (SSSR count). The summed E-state index contributed by atoms with van der Waals surface area (Å²) in [6, 6.07) is 4.67. The summed E-state index contributed by atoms with van der Waals surface area (Å²) in [6.45, 7) is 9.23. The zero-order chi connectivity index (χ0) is 21.5. The molecule has 2 heterocycles. The first-order chi connectivity index (χ1) is 14.5. The van der Waals surface area contributed by atoms with E-state index in [2.05, 4.69) is 20.1 Å². The van der Waals surface area contributed by atoms with Gasteiger partial charge in [-0.05, 0) is 38.8 Å². The fourth-order valence-electron chi connectivity index (χ4n) is 4.36. The SMILES string of the molecule is CCOC1CCN(C(=NC)NCC(c2c(F)cccc2Cl)N2CCOC(C)C2)CC1. The van der Waals surface area contributed by atoms with Crippen LogP contribution in [0.5, 0.6) is 0 Å². The molecule has 2 aliphatic rings. The molecular formula is C22H34ClFN4O2. The van der Waals surface area contributed by atoms with Gasteiger partial charge in [-0.15, -0.1) is 0 Å². The highest BCUT2D eigenvalue weighted by molar-refractivity contribution is 6.31. The highest BCUT2D eigenvalue weighted by Crippen LogP contribution is 2.31. The van der Waals surface area contributed by atoms with E-state index in [1.807, 2.05) is 13.8 Å². The van der Waals surface area contributed by atoms with Gasteiger partial charge < -0.3 is 19.7 Å². The van der Waals surface area contributed by atoms with E-state index in [-0.39, 0.29) is 18.0 Å². The van der Waals surface area contributed by atoms with Crippen LogP contribution >= 0.6 is 11.6 Å². The van der Waals surface area contributed by atoms with Crippen LogP contribution < -0.4 is 5.32 Å². The van der Waals surface area contributed by atoms with Gasteiger partial charge in [0.15, 0.2) is 5.96 Å². The minimum Gasteiger partial charge on any atom is -0.378 e. The smallest absolute Gasteiger partial charge is 0.193 e. The maximum atomic E-state index is 14.8. The van der Waals surface area contributed by atoms with Crippen LogP contribution in [0.15, 0.2) is 23.2 Å². The molecule has 0 aliphatic carbocycles. The summed E-state index contributed by atoms with van der Waals surface area (Å²) < 4.78 is 26.3. The lowest BCUT2D eigenvalue weighted by Crippen LogP contribution is -2.51. The van der Waals surface area contributed by atoms with Crippen molar-refractivity contribution >= 4 is 17.6 Å². The van der Waals surface area contributed by atoms with Crippen molar-refractivity contribution in [3.63, 3.8) is 0 Å². The van der Waals surface area contributed by atoms with Crippen LogP contribution in [0.4, 0.5) is 4.39 Å². The summed E-state index contributed by atoms with van der Waals surface area (Å²) in [6.07, 6.45) is 2.39. The Morgan fingerprint density at radius 2 is 2.13 bits per heavy atom. The van der Waals surface area contributed by atoms with Crippen LogP contribution in [0, 0.1) is 5.82 Å². The molecule has 1 N–H and O–H groups in total. The van der Waals surface area contributed by atoms with Gasteiger partial charge in [-0.25, -0.2) is 4.39 Å². The molecule has 0 bridgehead atoms. The molecular weight excluding hydrogens is 407 g/mol. The molecule has 2 aliphatic heterocycles. The zero-order valence-electron chi connectivity index (χ0n) is 18.2. The van der Waals surface area contributed by atoms with Crippen LogP contribution in [-0.4, -0.2) is 81.0 Å². The van der Waals surface area contributed by atoms with Gasteiger partial charge in [-0.3, -0.25) is 9.89 Å². The van der Waals surface area contributed by atoms with E-state index in [1.165, 1.54) is 6.07 Å². The topological polar surface area (TPSA) is 49.3 Å². The van der Waals surface area contributed by atoms with E-state index >= 15 is 0 Å². The molecule has 6 nitrogen and oxygen atoms in total. The Morgan fingerprint density at radius 3 is 2.77 bits per heavy atom. The predicted molar refractivity (Wildman–Crippen MR) is 119 cm³/mol. The van der Waals surface area contributed by atoms with Crippen molar-refractivity contribution < 1.29 is 13.9 Å². The Labute approximate surface area is 184 Å². The summed E-state index contributed by atoms with van der Waals surface area (Å²) in [5, 5.41) is 3.93. The van der Waals surface area contributed by atoms with Gasteiger partial charge in [0.2, 0.25) is 0 Å². The molecule has 0 radical (unpaired) electrons. The number of hydrogen-bond donors (Lipinski definition) is 1. The standard InChI is InChI=1S/C22H34ClFN4O2/c1-4-29-17-8-10-27(11-9-17)22(25-3)26-14-20(28-12-13-30-16(2)15-28)21-18(23)6-5-7-19(21)24/h5-7,16-17,20H,4,8-15H2,1-3H3,(H,25,26). The van der Waals surface area contributed by atoms with Gasteiger partial charge in [0, 0.05) is 57.0 Å². The molecule has 2 atom stereocenters. The van der Waals surface area contributed by atoms with Crippen LogP contribution in [0.2, 0.25) is 5.02 Å². The number of guanidine groups is 1. The quantitative estimate of drug-likeness (QED) is 0.543. The normalized spacial score (nSPS) is 22.9. The molecule has 0 amide bonds. The number of hydrogen-bond acceptors (Lipinski definition) is 4. The molecule has 1 aromatic rings. The number of aliphatic imine (C=N–C) groups is 1. The van der Waals surface area contributed by atoms with E-state index in [0.717, 1.165) is 51.6 Å². The summed E-state index contributed by atoms with van der Waals surface area (Å²) in [4.78, 5) is 8.97. The lowest BCUT2D eigenvalue weighted by molar-refractivity contribution is -0.0344. The first-order valence-corrected chi connectivity index (χ1v) is 11.3. The van der Waals surface area contributed by atoms with E-state index in [1.54, 1.807) is 19.2 Å². The second-order valence-electron chi connectivity index (χ2n) is 7.90. The van der Waals surface area contributed by atoms with E-state index in [0.29, 0.717) is 29.8 Å². The molecule has 0 spiro atoms. The molecule has 0 aromatic heterocycles. The van der Waals surface area contributed by atoms with Crippen molar-refractivity contribution in [1.29, 1.82) is 0 Å². The Morgan fingerprint density at radius 1 is 1.37 bits per heavy atom. The second-order valence-corrected chi connectivity index (χ2v) is 8.30. The van der Waals surface area contributed by atoms with Crippen molar-refractivity contribution in [2.75, 3.05) is 53.0 Å². The number of halogens is 2. The third-order valence-corrected chi connectivity index (χ3v) is 6.18. The highest BCUT2D eigenvalue weighted by Gasteiger charge is 2.30. The molecule has 2 fully saturated rings. The molecule has 2 saturated heterocycles. The molecule has 8 heteroatoms. The third kappa shape index (κ3) is 5.84. The van der Waals surface area contributed by atoms with Crippen LogP contribution in [0.3, 0.4) is 0 Å². The Bertz CT molecular complexity index is 692. The molecule has 30 heavy (non-hydrogen) atoms. The van der Waals surface area contributed by atoms with E-state index in [9.17, 15) is 4.39 Å². The van der Waals surface area contributed by atoms with Gasteiger partial charge in [-0.2, -0.15) is 0 Å². The van der Waals surface area contributed by atoms with Crippen molar-refractivity contribution in [2.45, 2.75) is 44.9 Å². The van der Waals surface area contributed by atoms with Crippen molar-refractivity contribution in [2.24, 2.45) is 4.99 Å². The van der Waals surface area contributed by atoms with Crippen molar-refractivity contribution in [3.8, 4) is 0 Å². The molecule has 168 valence electrons. The fraction of sp³-hybridized carbons (Fsp3) is 0.682. The molecule has 2 unspecified atom stereocenters. The maximum absolute atomic E-state index is 14.8. The van der Waals surface area contributed by atoms with Crippen LogP contribution in [0.25, 0.3) is 0 Å². The highest BCUT2D eigenvalue weighted by atomic mass is 35.5. The Balaban J connectivity index is 1.71. The number of piperidine rings is 1. The predicted octanol–water partition coefficient (Wildman–Crippen LogP) is 3.32. The molecule has 0 saturated carbocycles. The largest absolute Gasteiger partial charge is 0.378 e. The second kappa shape index (κ2) is 11.3. The average Bonchev–Trinajstić information content (AvgIpc) is 2.74. The first kappa shape index (κ1) is 23.3. The Hall–Kier alpha value is -1.41. The summed E-state index contributed by atoms with van der Waals surface area (Å²) in [7, 11) is 1.79. The monoisotopic (exact) mass is 440 g/mol. The van der Waals surface area contributed by atoms with Gasteiger partial charge in [0.05, 0.1) is 24.9 Å². The van der Waals surface area contributed by atoms with Crippen LogP contribution in [0.1, 0.15) is 38.3 Å².